The predicted molar refractivity (Wildman–Crippen MR) is 70.4 cm³/mol. The van der Waals surface area contributed by atoms with E-state index in [1.807, 2.05) is 37.3 Å². The first-order valence-corrected chi connectivity index (χ1v) is 5.74. The molecule has 2 N–H and O–H groups in total. The first kappa shape index (κ1) is 13.5. The van der Waals surface area contributed by atoms with E-state index in [1.54, 1.807) is 18.0 Å². The second kappa shape index (κ2) is 6.21. The summed E-state index contributed by atoms with van der Waals surface area (Å²) in [6, 6.07) is 9.42. The van der Waals surface area contributed by atoms with Crippen LogP contribution in [0.2, 0.25) is 0 Å². The molecule has 0 aromatic heterocycles. The Balaban J connectivity index is 2.73. The second-order valence-corrected chi connectivity index (χ2v) is 4.23. The quantitative estimate of drug-likeness (QED) is 0.789. The molecule has 0 radical (unpaired) electrons. The van der Waals surface area contributed by atoms with E-state index in [0.29, 0.717) is 6.54 Å². The summed E-state index contributed by atoms with van der Waals surface area (Å²) in [5.74, 6) is -0.191. The molecule has 2 atom stereocenters. The van der Waals surface area contributed by atoms with Crippen LogP contribution in [0.15, 0.2) is 43.0 Å². The zero-order valence-electron chi connectivity index (χ0n) is 10.5. The van der Waals surface area contributed by atoms with E-state index < -0.39 is 0 Å². The van der Waals surface area contributed by atoms with Crippen LogP contribution >= 0.6 is 0 Å². The molecule has 1 rings (SSSR count). The fourth-order valence-electron chi connectivity index (χ4n) is 1.75. The third kappa shape index (κ3) is 3.43. The highest BCUT2D eigenvalue weighted by Crippen LogP contribution is 2.20. The minimum atomic E-state index is -0.268. The first-order chi connectivity index (χ1) is 8.07. The average molecular weight is 232 g/mol. The van der Waals surface area contributed by atoms with Crippen LogP contribution in [0.5, 0.6) is 0 Å². The van der Waals surface area contributed by atoms with Gasteiger partial charge in [-0.3, -0.25) is 4.79 Å². The number of hydrogen-bond acceptors (Lipinski definition) is 2. The van der Waals surface area contributed by atoms with Crippen LogP contribution in [-0.4, -0.2) is 24.4 Å². The van der Waals surface area contributed by atoms with Crippen molar-refractivity contribution in [2.75, 3.05) is 13.6 Å². The number of carbonyl (C=O) groups is 1. The highest BCUT2D eigenvalue weighted by Gasteiger charge is 2.24. The molecule has 0 aliphatic carbocycles. The molecule has 92 valence electrons. The van der Waals surface area contributed by atoms with Crippen molar-refractivity contribution in [1.29, 1.82) is 0 Å². The molecular formula is C14H20N2O. The van der Waals surface area contributed by atoms with E-state index in [1.165, 1.54) is 0 Å². The number of carbonyl (C=O) groups excluding carboxylic acids is 1. The Kier molecular flexibility index (Phi) is 4.91. The lowest BCUT2D eigenvalue weighted by atomic mass is 9.94. The van der Waals surface area contributed by atoms with Gasteiger partial charge in [0.2, 0.25) is 5.91 Å². The van der Waals surface area contributed by atoms with Gasteiger partial charge in [0, 0.05) is 19.6 Å². The standard InChI is InChI=1S/C14H20N2O/c1-4-10-16(3)14(17)11(2)13(15)12-8-6-5-7-9-12/h4-9,11,13H,1,10,15H2,2-3H3. The number of likely N-dealkylation sites (N-methyl/N-ethyl adjacent to an activating group) is 1. The van der Waals surface area contributed by atoms with Crippen molar-refractivity contribution in [3.05, 3.63) is 48.6 Å². The maximum atomic E-state index is 12.0. The molecule has 17 heavy (non-hydrogen) atoms. The minimum absolute atomic E-state index is 0.0428. The molecule has 1 aromatic carbocycles. The fourth-order valence-corrected chi connectivity index (χ4v) is 1.75. The molecule has 3 nitrogen and oxygen atoms in total. The van der Waals surface area contributed by atoms with Gasteiger partial charge in [-0.2, -0.15) is 0 Å². The van der Waals surface area contributed by atoms with Gasteiger partial charge in [-0.15, -0.1) is 6.58 Å². The van der Waals surface area contributed by atoms with Crippen molar-refractivity contribution in [3.8, 4) is 0 Å². The summed E-state index contributed by atoms with van der Waals surface area (Å²) in [4.78, 5) is 13.7. The Morgan fingerprint density at radius 3 is 2.59 bits per heavy atom. The summed E-state index contributed by atoms with van der Waals surface area (Å²) < 4.78 is 0. The molecule has 1 amide bonds. The molecule has 0 spiro atoms. The summed E-state index contributed by atoms with van der Waals surface area (Å²) in [5.41, 5.74) is 7.09. The number of nitrogens with zero attached hydrogens (tertiary/aromatic N) is 1. The van der Waals surface area contributed by atoms with Gasteiger partial charge in [0.15, 0.2) is 0 Å². The zero-order valence-corrected chi connectivity index (χ0v) is 10.5. The Hall–Kier alpha value is -1.61. The van der Waals surface area contributed by atoms with Crippen LogP contribution in [0.1, 0.15) is 18.5 Å². The van der Waals surface area contributed by atoms with Crippen LogP contribution in [0.3, 0.4) is 0 Å². The van der Waals surface area contributed by atoms with Crippen LogP contribution in [0.4, 0.5) is 0 Å². The van der Waals surface area contributed by atoms with Crippen LogP contribution in [-0.2, 0) is 4.79 Å². The molecular weight excluding hydrogens is 212 g/mol. The number of hydrogen-bond donors (Lipinski definition) is 1. The third-order valence-corrected chi connectivity index (χ3v) is 2.89. The maximum absolute atomic E-state index is 12.0. The lowest BCUT2D eigenvalue weighted by Crippen LogP contribution is -2.37. The highest BCUT2D eigenvalue weighted by molar-refractivity contribution is 5.79. The minimum Gasteiger partial charge on any atom is -0.342 e. The average Bonchev–Trinajstić information content (AvgIpc) is 2.37. The van der Waals surface area contributed by atoms with E-state index in [0.717, 1.165) is 5.56 Å². The summed E-state index contributed by atoms with van der Waals surface area (Å²) in [5, 5.41) is 0. The fraction of sp³-hybridized carbons (Fsp3) is 0.357. The van der Waals surface area contributed by atoms with Gasteiger partial charge < -0.3 is 10.6 Å². The molecule has 2 unspecified atom stereocenters. The molecule has 0 saturated heterocycles. The summed E-state index contributed by atoms with van der Waals surface area (Å²) in [6.07, 6.45) is 1.71. The van der Waals surface area contributed by atoms with Crippen molar-refractivity contribution in [3.63, 3.8) is 0 Å². The Morgan fingerprint density at radius 2 is 2.06 bits per heavy atom. The third-order valence-electron chi connectivity index (χ3n) is 2.89. The van der Waals surface area contributed by atoms with Crippen molar-refractivity contribution in [2.45, 2.75) is 13.0 Å². The molecule has 0 bridgehead atoms. The molecule has 0 heterocycles. The topological polar surface area (TPSA) is 46.3 Å². The van der Waals surface area contributed by atoms with Crippen LogP contribution < -0.4 is 5.73 Å². The van der Waals surface area contributed by atoms with Crippen LogP contribution in [0.25, 0.3) is 0 Å². The van der Waals surface area contributed by atoms with E-state index in [9.17, 15) is 4.79 Å². The lowest BCUT2D eigenvalue weighted by molar-refractivity contribution is -0.133. The van der Waals surface area contributed by atoms with E-state index >= 15 is 0 Å². The monoisotopic (exact) mass is 232 g/mol. The number of amides is 1. The zero-order chi connectivity index (χ0) is 12.8. The Bertz CT molecular complexity index is 375. The van der Waals surface area contributed by atoms with Gasteiger partial charge in [0.1, 0.15) is 0 Å². The highest BCUT2D eigenvalue weighted by atomic mass is 16.2. The molecule has 0 saturated carbocycles. The predicted octanol–water partition coefficient (Wildman–Crippen LogP) is 1.97. The van der Waals surface area contributed by atoms with Gasteiger partial charge >= 0.3 is 0 Å². The van der Waals surface area contributed by atoms with Crippen molar-refractivity contribution >= 4 is 5.91 Å². The van der Waals surface area contributed by atoms with E-state index in [4.69, 9.17) is 5.73 Å². The number of rotatable bonds is 5. The Morgan fingerprint density at radius 1 is 1.47 bits per heavy atom. The normalized spacial score (nSPS) is 13.8. The van der Waals surface area contributed by atoms with Gasteiger partial charge in [0.25, 0.3) is 0 Å². The summed E-state index contributed by atoms with van der Waals surface area (Å²) in [7, 11) is 1.76. The van der Waals surface area contributed by atoms with Crippen molar-refractivity contribution < 1.29 is 4.79 Å². The lowest BCUT2D eigenvalue weighted by Gasteiger charge is -2.24. The van der Waals surface area contributed by atoms with E-state index in [2.05, 4.69) is 6.58 Å². The summed E-state index contributed by atoms with van der Waals surface area (Å²) >= 11 is 0. The van der Waals surface area contributed by atoms with Crippen molar-refractivity contribution in [2.24, 2.45) is 11.7 Å². The van der Waals surface area contributed by atoms with Gasteiger partial charge in [-0.25, -0.2) is 0 Å². The number of nitrogens with two attached hydrogens (primary N) is 1. The molecule has 1 aromatic rings. The first-order valence-electron chi connectivity index (χ1n) is 5.74. The maximum Gasteiger partial charge on any atom is 0.227 e. The molecule has 3 heteroatoms. The number of benzene rings is 1. The Labute approximate surface area is 103 Å². The van der Waals surface area contributed by atoms with Gasteiger partial charge in [-0.1, -0.05) is 43.3 Å². The molecule has 0 aliphatic heterocycles. The summed E-state index contributed by atoms with van der Waals surface area (Å²) in [6.45, 7) is 6.03. The SMILES string of the molecule is C=CCN(C)C(=O)C(C)C(N)c1ccccc1. The van der Waals surface area contributed by atoms with E-state index in [-0.39, 0.29) is 17.9 Å². The second-order valence-electron chi connectivity index (χ2n) is 4.23. The molecule has 0 aliphatic rings. The smallest absolute Gasteiger partial charge is 0.227 e. The molecule has 0 fully saturated rings. The van der Waals surface area contributed by atoms with Gasteiger partial charge in [0.05, 0.1) is 5.92 Å². The van der Waals surface area contributed by atoms with Crippen molar-refractivity contribution in [1.82, 2.24) is 4.90 Å². The van der Waals surface area contributed by atoms with Crippen LogP contribution in [0, 0.1) is 5.92 Å². The van der Waals surface area contributed by atoms with Gasteiger partial charge in [-0.05, 0) is 5.56 Å². The largest absolute Gasteiger partial charge is 0.342 e.